The molecule has 0 atom stereocenters. The molecule has 0 fully saturated rings. The van der Waals surface area contributed by atoms with E-state index in [-0.39, 0.29) is 0 Å². The number of amides is 1. The lowest BCUT2D eigenvalue weighted by molar-refractivity contribution is 0.0588. The number of anilines is 1. The highest BCUT2D eigenvalue weighted by Crippen LogP contribution is 2.40. The molecule has 2 aromatic heterocycles. The maximum atomic E-state index is 13.3. The molecule has 0 saturated carbocycles. The van der Waals surface area contributed by atoms with Gasteiger partial charge in [0, 0.05) is 18.0 Å². The minimum absolute atomic E-state index is 0.471. The Bertz CT molecular complexity index is 1520. The van der Waals surface area contributed by atoms with Gasteiger partial charge in [-0.2, -0.15) is 5.10 Å². The summed E-state index contributed by atoms with van der Waals surface area (Å²) in [5.74, 6) is 0.581. The number of nitrogens with zero attached hydrogens (tertiary/aromatic N) is 4. The van der Waals surface area contributed by atoms with E-state index in [1.165, 1.54) is 4.90 Å². The fourth-order valence-corrected chi connectivity index (χ4v) is 4.12. The summed E-state index contributed by atoms with van der Waals surface area (Å²) >= 11 is 0. The zero-order chi connectivity index (χ0) is 25.3. The van der Waals surface area contributed by atoms with Gasteiger partial charge < -0.3 is 4.74 Å². The number of pyridine rings is 1. The second-order valence-corrected chi connectivity index (χ2v) is 9.59. The predicted molar refractivity (Wildman–Crippen MR) is 144 cm³/mol. The molecular formula is C30H28N4O2. The molecular weight excluding hydrogens is 448 g/mol. The molecule has 180 valence electrons. The van der Waals surface area contributed by atoms with E-state index in [4.69, 9.17) is 14.8 Å². The normalized spacial score (nSPS) is 11.4. The summed E-state index contributed by atoms with van der Waals surface area (Å²) < 4.78 is 7.54. The molecule has 1 amide bonds. The fraction of sp³-hybridized carbons (Fsp3) is 0.167. The number of carbonyl (C=O) groups is 1. The van der Waals surface area contributed by atoms with E-state index in [2.05, 4.69) is 0 Å². The smallest absolute Gasteiger partial charge is 0.415 e. The lowest BCUT2D eigenvalue weighted by atomic mass is 10.0. The topological polar surface area (TPSA) is 60.3 Å². The van der Waals surface area contributed by atoms with Gasteiger partial charge in [0.25, 0.3) is 0 Å². The van der Waals surface area contributed by atoms with Crippen LogP contribution < -0.4 is 4.90 Å². The van der Waals surface area contributed by atoms with E-state index in [1.54, 1.807) is 11.7 Å². The Kier molecular flexibility index (Phi) is 6.02. The van der Waals surface area contributed by atoms with Gasteiger partial charge in [-0.15, -0.1) is 0 Å². The van der Waals surface area contributed by atoms with E-state index in [0.717, 1.165) is 39.1 Å². The highest BCUT2D eigenvalue weighted by Gasteiger charge is 2.30. The molecule has 3 aromatic carbocycles. The number of fused-ring (bicyclic) bond motifs is 1. The van der Waals surface area contributed by atoms with Crippen LogP contribution in [0.3, 0.4) is 0 Å². The lowest BCUT2D eigenvalue weighted by Crippen LogP contribution is -2.35. The Hall–Kier alpha value is -4.45. The van der Waals surface area contributed by atoms with E-state index in [0.29, 0.717) is 5.82 Å². The summed E-state index contributed by atoms with van der Waals surface area (Å²) in [5, 5.41) is 6.08. The average Bonchev–Trinajstić information content (AvgIpc) is 3.28. The van der Waals surface area contributed by atoms with Crippen molar-refractivity contribution in [3.8, 4) is 28.2 Å². The van der Waals surface area contributed by atoms with Crippen molar-refractivity contribution in [2.24, 2.45) is 0 Å². The first-order valence-corrected chi connectivity index (χ1v) is 11.9. The van der Waals surface area contributed by atoms with Gasteiger partial charge in [-0.25, -0.2) is 14.5 Å². The number of benzene rings is 3. The number of carbonyl (C=O) groups excluding carboxylic acids is 1. The molecule has 0 saturated heterocycles. The largest absolute Gasteiger partial charge is 0.443 e. The first kappa shape index (κ1) is 23.3. The van der Waals surface area contributed by atoms with E-state index < -0.39 is 11.7 Å². The molecule has 0 bridgehead atoms. The van der Waals surface area contributed by atoms with Crippen molar-refractivity contribution in [1.82, 2.24) is 14.8 Å². The molecule has 0 N–H and O–H groups in total. The summed E-state index contributed by atoms with van der Waals surface area (Å²) in [6.45, 7) is 5.57. The molecule has 5 rings (SSSR count). The van der Waals surface area contributed by atoms with Gasteiger partial charge in [0.1, 0.15) is 11.3 Å². The van der Waals surface area contributed by atoms with Gasteiger partial charge in [-0.05, 0) is 45.0 Å². The summed E-state index contributed by atoms with van der Waals surface area (Å²) in [5.41, 5.74) is 4.18. The molecule has 0 radical (unpaired) electrons. The van der Waals surface area contributed by atoms with Crippen LogP contribution in [0.4, 0.5) is 10.6 Å². The molecule has 0 unspecified atom stereocenters. The molecule has 0 aliphatic carbocycles. The van der Waals surface area contributed by atoms with Crippen molar-refractivity contribution < 1.29 is 9.53 Å². The summed E-state index contributed by atoms with van der Waals surface area (Å²) in [6, 6.07) is 31.7. The van der Waals surface area contributed by atoms with Crippen molar-refractivity contribution in [3.63, 3.8) is 0 Å². The molecule has 36 heavy (non-hydrogen) atoms. The van der Waals surface area contributed by atoms with E-state index in [1.807, 2.05) is 118 Å². The SMILES string of the molecule is CN(C(=O)OC(C)(C)C)c1c(-c2ccc3ccccc3n2)c(-c2ccccc2)nn1-c1ccccc1. The van der Waals surface area contributed by atoms with Crippen molar-refractivity contribution in [3.05, 3.63) is 97.1 Å². The Labute approximate surface area is 210 Å². The maximum absolute atomic E-state index is 13.3. The van der Waals surface area contributed by atoms with Crippen LogP contribution in [0, 0.1) is 0 Å². The van der Waals surface area contributed by atoms with Crippen LogP contribution in [-0.2, 0) is 4.74 Å². The highest BCUT2D eigenvalue weighted by molar-refractivity contribution is 5.98. The molecule has 2 heterocycles. The maximum Gasteiger partial charge on any atom is 0.415 e. The third kappa shape index (κ3) is 4.58. The molecule has 0 aliphatic heterocycles. The quantitative estimate of drug-likeness (QED) is 0.277. The van der Waals surface area contributed by atoms with Crippen molar-refractivity contribution >= 4 is 22.8 Å². The number of aromatic nitrogens is 3. The predicted octanol–water partition coefficient (Wildman–Crippen LogP) is 7.13. The first-order chi connectivity index (χ1) is 17.3. The molecule has 5 aromatic rings. The Morgan fingerprint density at radius 3 is 2.17 bits per heavy atom. The minimum Gasteiger partial charge on any atom is -0.443 e. The van der Waals surface area contributed by atoms with E-state index in [9.17, 15) is 4.79 Å². The van der Waals surface area contributed by atoms with Crippen LogP contribution in [0.5, 0.6) is 0 Å². The van der Waals surface area contributed by atoms with E-state index >= 15 is 0 Å². The van der Waals surface area contributed by atoms with Gasteiger partial charge in [0.15, 0.2) is 5.82 Å². The highest BCUT2D eigenvalue weighted by atomic mass is 16.6. The van der Waals surface area contributed by atoms with Crippen LogP contribution in [0.2, 0.25) is 0 Å². The van der Waals surface area contributed by atoms with Crippen LogP contribution in [0.1, 0.15) is 20.8 Å². The Morgan fingerprint density at radius 2 is 1.47 bits per heavy atom. The summed E-state index contributed by atoms with van der Waals surface area (Å²) in [4.78, 5) is 19.8. The molecule has 0 aliphatic rings. The van der Waals surface area contributed by atoms with Gasteiger partial charge in [-0.1, -0.05) is 72.8 Å². The van der Waals surface area contributed by atoms with Gasteiger partial charge >= 0.3 is 6.09 Å². The molecule has 0 spiro atoms. The Balaban J connectivity index is 1.81. The molecule has 6 heteroatoms. The van der Waals surface area contributed by atoms with Gasteiger partial charge in [-0.3, -0.25) is 4.90 Å². The fourth-order valence-electron chi connectivity index (χ4n) is 4.12. The van der Waals surface area contributed by atoms with Crippen LogP contribution >= 0.6 is 0 Å². The standard InChI is InChI=1S/C30H28N4O2/c1-30(2,3)36-29(35)33(4)28-26(25-20-19-21-13-11-12-18-24(21)31-25)27(22-14-7-5-8-15-22)32-34(28)23-16-9-6-10-17-23/h5-20H,1-4H3. The summed E-state index contributed by atoms with van der Waals surface area (Å²) in [7, 11) is 1.71. The van der Waals surface area contributed by atoms with Crippen molar-refractivity contribution in [2.75, 3.05) is 11.9 Å². The van der Waals surface area contributed by atoms with Gasteiger partial charge in [0.05, 0.1) is 22.5 Å². The Morgan fingerprint density at radius 1 is 0.833 bits per heavy atom. The number of hydrogen-bond donors (Lipinski definition) is 0. The lowest BCUT2D eigenvalue weighted by Gasteiger charge is -2.25. The number of ether oxygens (including phenoxy) is 1. The first-order valence-electron chi connectivity index (χ1n) is 11.9. The third-order valence-corrected chi connectivity index (χ3v) is 5.75. The monoisotopic (exact) mass is 476 g/mol. The van der Waals surface area contributed by atoms with Crippen LogP contribution in [-0.4, -0.2) is 33.5 Å². The number of para-hydroxylation sites is 2. The van der Waals surface area contributed by atoms with Gasteiger partial charge in [0.2, 0.25) is 0 Å². The second kappa shape index (κ2) is 9.30. The molecule has 6 nitrogen and oxygen atoms in total. The number of rotatable bonds is 4. The second-order valence-electron chi connectivity index (χ2n) is 9.59. The van der Waals surface area contributed by atoms with Crippen molar-refractivity contribution in [1.29, 1.82) is 0 Å². The summed E-state index contributed by atoms with van der Waals surface area (Å²) in [6.07, 6.45) is -0.471. The van der Waals surface area contributed by atoms with Crippen LogP contribution in [0.15, 0.2) is 97.1 Å². The zero-order valence-electron chi connectivity index (χ0n) is 20.8. The third-order valence-electron chi connectivity index (χ3n) is 5.75. The minimum atomic E-state index is -0.646. The zero-order valence-corrected chi connectivity index (χ0v) is 20.8. The van der Waals surface area contributed by atoms with Crippen molar-refractivity contribution in [2.45, 2.75) is 26.4 Å². The van der Waals surface area contributed by atoms with Crippen LogP contribution in [0.25, 0.3) is 39.1 Å². The average molecular weight is 477 g/mol. The number of hydrogen-bond acceptors (Lipinski definition) is 4.